The van der Waals surface area contributed by atoms with Crippen LogP contribution in [0.15, 0.2) is 52.6 Å². The number of hydrogen-bond acceptors (Lipinski definition) is 7. The van der Waals surface area contributed by atoms with E-state index in [1.165, 1.54) is 23.1 Å². The lowest BCUT2D eigenvalue weighted by Gasteiger charge is -2.01. The van der Waals surface area contributed by atoms with E-state index in [9.17, 15) is 4.79 Å². The summed E-state index contributed by atoms with van der Waals surface area (Å²) in [5.74, 6) is -0.272. The quantitative estimate of drug-likeness (QED) is 0.599. The third-order valence-corrected chi connectivity index (χ3v) is 5.88. The van der Waals surface area contributed by atoms with Gasteiger partial charge in [-0.15, -0.1) is 10.2 Å². The van der Waals surface area contributed by atoms with Crippen LogP contribution >= 0.6 is 46.3 Å². The van der Waals surface area contributed by atoms with Gasteiger partial charge in [0.15, 0.2) is 10.2 Å². The van der Waals surface area contributed by atoms with E-state index in [4.69, 9.17) is 23.2 Å². The summed E-state index contributed by atoms with van der Waals surface area (Å²) < 4.78 is 0. The number of thioether (sulfide) groups is 1. The summed E-state index contributed by atoms with van der Waals surface area (Å²) >= 11 is 14.8. The molecule has 10 heteroatoms. The van der Waals surface area contributed by atoms with Crippen molar-refractivity contribution >= 4 is 68.6 Å². The molecule has 0 spiro atoms. The minimum atomic E-state index is -0.272. The molecule has 27 heavy (non-hydrogen) atoms. The number of aromatic nitrogens is 3. The third-order valence-electron chi connectivity index (χ3n) is 3.45. The average molecular weight is 434 g/mol. The van der Waals surface area contributed by atoms with E-state index in [0.29, 0.717) is 35.8 Å². The Balaban J connectivity index is 1.58. The van der Waals surface area contributed by atoms with Gasteiger partial charge in [0, 0.05) is 33.6 Å². The molecule has 1 aromatic carbocycles. The summed E-state index contributed by atoms with van der Waals surface area (Å²) in [6.07, 6.45) is 5.04. The highest BCUT2D eigenvalue weighted by Crippen LogP contribution is 2.34. The van der Waals surface area contributed by atoms with E-state index in [-0.39, 0.29) is 5.91 Å². The number of carbonyl (C=O) groups excluding carboxylic acids is 1. The molecule has 3 heterocycles. The van der Waals surface area contributed by atoms with Gasteiger partial charge in [-0.05, 0) is 42.1 Å². The molecule has 0 atom stereocenters. The fourth-order valence-corrected chi connectivity index (χ4v) is 4.29. The van der Waals surface area contributed by atoms with E-state index in [0.717, 1.165) is 5.56 Å². The standard InChI is InChI=1S/C17H9Cl2N5OS2/c18-11-4-1-5-12(19)10(11)7-13-14(25)21-16(26-13)22-17-24-23-15(27-17)9-3-2-6-20-8-9/h1-8H,(H,21,22,24,25). The van der Waals surface area contributed by atoms with Crippen molar-refractivity contribution < 1.29 is 4.79 Å². The number of benzene rings is 1. The Morgan fingerprint density at radius 3 is 2.67 bits per heavy atom. The molecule has 0 saturated carbocycles. The molecule has 0 radical (unpaired) electrons. The molecule has 4 rings (SSSR count). The normalized spacial score (nSPS) is 16.9. The van der Waals surface area contributed by atoms with Crippen molar-refractivity contribution in [3.63, 3.8) is 0 Å². The Bertz CT molecular complexity index is 1060. The number of carbonyl (C=O) groups is 1. The van der Waals surface area contributed by atoms with Crippen LogP contribution in [0.1, 0.15) is 5.56 Å². The summed E-state index contributed by atoms with van der Waals surface area (Å²) in [7, 11) is 0. The van der Waals surface area contributed by atoms with E-state index in [1.807, 2.05) is 12.1 Å². The van der Waals surface area contributed by atoms with Crippen LogP contribution in [-0.2, 0) is 4.79 Å². The molecular formula is C17H9Cl2N5OS2. The molecule has 2 aromatic heterocycles. The van der Waals surface area contributed by atoms with Gasteiger partial charge < -0.3 is 5.32 Å². The number of pyridine rings is 1. The van der Waals surface area contributed by atoms with Crippen molar-refractivity contribution in [1.29, 1.82) is 0 Å². The minimum Gasteiger partial charge on any atom is -0.300 e. The molecule has 134 valence electrons. The third kappa shape index (κ3) is 4.03. The first-order valence-electron chi connectivity index (χ1n) is 7.57. The summed E-state index contributed by atoms with van der Waals surface area (Å²) in [5.41, 5.74) is 1.45. The Morgan fingerprint density at radius 1 is 1.11 bits per heavy atom. The highest BCUT2D eigenvalue weighted by atomic mass is 35.5. The van der Waals surface area contributed by atoms with Crippen molar-refractivity contribution in [2.24, 2.45) is 4.99 Å². The first-order valence-corrected chi connectivity index (χ1v) is 9.96. The van der Waals surface area contributed by atoms with Crippen LogP contribution in [0.4, 0.5) is 5.13 Å². The number of hydrogen-bond donors (Lipinski definition) is 1. The van der Waals surface area contributed by atoms with Crippen LogP contribution in [0.3, 0.4) is 0 Å². The number of amides is 1. The first kappa shape index (κ1) is 18.1. The fourth-order valence-electron chi connectivity index (χ4n) is 2.21. The van der Waals surface area contributed by atoms with E-state index < -0.39 is 0 Å². The summed E-state index contributed by atoms with van der Waals surface area (Å²) in [5, 5.41) is 13.4. The van der Waals surface area contributed by atoms with Crippen LogP contribution in [0, 0.1) is 0 Å². The Kier molecular flexibility index (Phi) is 5.22. The molecule has 0 unspecified atom stereocenters. The maximum atomic E-state index is 12.2. The molecule has 1 aliphatic rings. The van der Waals surface area contributed by atoms with Gasteiger partial charge in [0.2, 0.25) is 5.13 Å². The predicted octanol–water partition coefficient (Wildman–Crippen LogP) is 4.80. The van der Waals surface area contributed by atoms with Gasteiger partial charge in [-0.3, -0.25) is 9.78 Å². The summed E-state index contributed by atoms with van der Waals surface area (Å²) in [6.45, 7) is 0. The Labute approximate surface area is 172 Å². The van der Waals surface area contributed by atoms with Gasteiger partial charge >= 0.3 is 0 Å². The van der Waals surface area contributed by atoms with Crippen LogP contribution in [-0.4, -0.2) is 26.3 Å². The largest absolute Gasteiger partial charge is 0.300 e. The number of nitrogens with zero attached hydrogens (tertiary/aromatic N) is 4. The fraction of sp³-hybridized carbons (Fsp3) is 0. The molecule has 1 saturated heterocycles. The van der Waals surface area contributed by atoms with Gasteiger partial charge in [-0.1, -0.05) is 40.6 Å². The molecule has 0 bridgehead atoms. The lowest BCUT2D eigenvalue weighted by molar-refractivity contribution is -0.115. The van der Waals surface area contributed by atoms with Gasteiger partial charge in [0.25, 0.3) is 5.91 Å². The zero-order valence-electron chi connectivity index (χ0n) is 13.4. The second-order valence-corrected chi connectivity index (χ2v) is 8.05. The molecule has 1 amide bonds. The van der Waals surface area contributed by atoms with Crippen molar-refractivity contribution in [3.8, 4) is 10.6 Å². The lowest BCUT2D eigenvalue weighted by Crippen LogP contribution is -2.19. The SMILES string of the molecule is O=C1NC(=Nc2nnc(-c3cccnc3)s2)SC1=Cc1c(Cl)cccc1Cl. The maximum absolute atomic E-state index is 12.2. The van der Waals surface area contributed by atoms with E-state index in [1.54, 1.807) is 36.7 Å². The van der Waals surface area contributed by atoms with Gasteiger partial charge in [-0.2, -0.15) is 4.99 Å². The van der Waals surface area contributed by atoms with Crippen molar-refractivity contribution in [1.82, 2.24) is 20.5 Å². The topological polar surface area (TPSA) is 80.1 Å². The van der Waals surface area contributed by atoms with Gasteiger partial charge in [-0.25, -0.2) is 0 Å². The number of nitrogens with one attached hydrogen (secondary N) is 1. The van der Waals surface area contributed by atoms with Crippen LogP contribution in [0.25, 0.3) is 16.6 Å². The van der Waals surface area contributed by atoms with Crippen molar-refractivity contribution in [2.45, 2.75) is 0 Å². The smallest absolute Gasteiger partial charge is 0.264 e. The van der Waals surface area contributed by atoms with E-state index >= 15 is 0 Å². The second kappa shape index (κ2) is 7.77. The molecule has 1 fully saturated rings. The van der Waals surface area contributed by atoms with Crippen LogP contribution in [0.2, 0.25) is 10.0 Å². The van der Waals surface area contributed by atoms with Crippen LogP contribution < -0.4 is 5.32 Å². The number of aliphatic imine (C=N–C) groups is 1. The molecule has 1 N–H and O–H groups in total. The van der Waals surface area contributed by atoms with Crippen LogP contribution in [0.5, 0.6) is 0 Å². The zero-order valence-corrected chi connectivity index (χ0v) is 16.5. The second-order valence-electron chi connectivity index (χ2n) is 5.25. The Morgan fingerprint density at radius 2 is 1.93 bits per heavy atom. The zero-order chi connectivity index (χ0) is 18.8. The number of amidine groups is 1. The predicted molar refractivity (Wildman–Crippen MR) is 110 cm³/mol. The summed E-state index contributed by atoms with van der Waals surface area (Å²) in [4.78, 5) is 21.1. The summed E-state index contributed by atoms with van der Waals surface area (Å²) in [6, 6.07) is 8.90. The molecule has 6 nitrogen and oxygen atoms in total. The van der Waals surface area contributed by atoms with Crippen molar-refractivity contribution in [3.05, 3.63) is 63.2 Å². The molecule has 1 aliphatic heterocycles. The average Bonchev–Trinajstić information content (AvgIpc) is 3.26. The van der Waals surface area contributed by atoms with Gasteiger partial charge in [0.1, 0.15) is 0 Å². The van der Waals surface area contributed by atoms with Gasteiger partial charge in [0.05, 0.1) is 4.91 Å². The number of rotatable bonds is 3. The molecule has 3 aromatic rings. The van der Waals surface area contributed by atoms with Crippen molar-refractivity contribution in [2.75, 3.05) is 0 Å². The maximum Gasteiger partial charge on any atom is 0.264 e. The minimum absolute atomic E-state index is 0.272. The highest BCUT2D eigenvalue weighted by molar-refractivity contribution is 8.18. The Hall–Kier alpha value is -2.26. The first-order chi connectivity index (χ1) is 13.1. The molecular weight excluding hydrogens is 425 g/mol. The molecule has 0 aliphatic carbocycles. The number of halogens is 2. The monoisotopic (exact) mass is 433 g/mol. The lowest BCUT2D eigenvalue weighted by atomic mass is 10.2. The highest BCUT2D eigenvalue weighted by Gasteiger charge is 2.25. The van der Waals surface area contributed by atoms with E-state index in [2.05, 4.69) is 25.5 Å².